The van der Waals surface area contributed by atoms with E-state index in [2.05, 4.69) is 24.3 Å². The van der Waals surface area contributed by atoms with Crippen LogP contribution in [0.15, 0.2) is 24.3 Å². The molecule has 1 aromatic carbocycles. The Bertz CT molecular complexity index is 618. The minimum absolute atomic E-state index is 0.324. The molecule has 2 aliphatic rings. The second kappa shape index (κ2) is 3.83. The number of benzene rings is 1. The second-order valence-corrected chi connectivity index (χ2v) is 6.63. The van der Waals surface area contributed by atoms with E-state index in [9.17, 15) is 0 Å². The van der Waals surface area contributed by atoms with Crippen molar-refractivity contribution in [3.63, 3.8) is 0 Å². The molecule has 2 atom stereocenters. The van der Waals surface area contributed by atoms with Gasteiger partial charge in [-0.25, -0.2) is 0 Å². The number of aromatic nitrogens is 2. The Balaban J connectivity index is 1.71. The van der Waals surface area contributed by atoms with E-state index < -0.39 is 0 Å². The fourth-order valence-corrected chi connectivity index (χ4v) is 4.16. The molecule has 0 amide bonds. The molecule has 2 saturated carbocycles. The van der Waals surface area contributed by atoms with Crippen molar-refractivity contribution < 1.29 is 0 Å². The number of nitrogens with zero attached hydrogens (tertiary/aromatic N) is 2. The fourth-order valence-electron chi connectivity index (χ4n) is 4.16. The number of fused-ring (bicyclic) bond motifs is 2. The predicted molar refractivity (Wildman–Crippen MR) is 76.7 cm³/mol. The van der Waals surface area contributed by atoms with E-state index in [1.807, 2.05) is 11.7 Å². The van der Waals surface area contributed by atoms with E-state index in [0.717, 1.165) is 24.8 Å². The molecule has 2 aromatic rings. The van der Waals surface area contributed by atoms with E-state index >= 15 is 0 Å². The first-order valence-electron chi connectivity index (χ1n) is 7.31. The summed E-state index contributed by atoms with van der Waals surface area (Å²) in [7, 11) is 2.03. The van der Waals surface area contributed by atoms with Crippen molar-refractivity contribution >= 4 is 10.9 Å². The van der Waals surface area contributed by atoms with Crippen LogP contribution in [-0.4, -0.2) is 16.3 Å². The number of hydrogen-bond acceptors (Lipinski definition) is 2. The van der Waals surface area contributed by atoms with Gasteiger partial charge in [0.15, 0.2) is 0 Å². The van der Waals surface area contributed by atoms with Crippen LogP contribution in [0.2, 0.25) is 0 Å². The minimum atomic E-state index is 0.324. The zero-order chi connectivity index (χ0) is 13.0. The lowest BCUT2D eigenvalue weighted by molar-refractivity contribution is 0.270. The van der Waals surface area contributed by atoms with Gasteiger partial charge in [-0.05, 0) is 55.5 Å². The van der Waals surface area contributed by atoms with Gasteiger partial charge in [0.25, 0.3) is 0 Å². The molecular weight excluding hydrogens is 234 g/mol. The third-order valence-electron chi connectivity index (χ3n) is 5.27. The van der Waals surface area contributed by atoms with Gasteiger partial charge in [-0.15, -0.1) is 0 Å². The Morgan fingerprint density at radius 1 is 1.32 bits per heavy atom. The van der Waals surface area contributed by atoms with Crippen molar-refractivity contribution in [3.05, 3.63) is 30.0 Å². The molecule has 0 aliphatic heterocycles. The van der Waals surface area contributed by atoms with E-state index in [4.69, 9.17) is 10.8 Å². The van der Waals surface area contributed by atoms with E-state index in [0.29, 0.717) is 5.41 Å². The highest BCUT2D eigenvalue weighted by atomic mass is 15.3. The van der Waals surface area contributed by atoms with Crippen molar-refractivity contribution in [1.82, 2.24) is 9.78 Å². The molecule has 0 radical (unpaired) electrons. The van der Waals surface area contributed by atoms with Crippen molar-refractivity contribution in [1.29, 1.82) is 0 Å². The van der Waals surface area contributed by atoms with Crippen molar-refractivity contribution in [2.45, 2.75) is 25.7 Å². The molecule has 100 valence electrons. The first-order valence-corrected chi connectivity index (χ1v) is 7.31. The van der Waals surface area contributed by atoms with Gasteiger partial charge in [0, 0.05) is 12.4 Å². The molecule has 3 heteroatoms. The van der Waals surface area contributed by atoms with Crippen LogP contribution >= 0.6 is 0 Å². The average Bonchev–Trinajstić information content (AvgIpc) is 2.92. The molecule has 2 aliphatic carbocycles. The van der Waals surface area contributed by atoms with Gasteiger partial charge in [-0.2, -0.15) is 5.10 Å². The summed E-state index contributed by atoms with van der Waals surface area (Å²) >= 11 is 0. The lowest BCUT2D eigenvalue weighted by Gasteiger charge is -2.28. The highest BCUT2D eigenvalue weighted by Gasteiger charge is 2.53. The number of hydrogen-bond donors (Lipinski definition) is 1. The van der Waals surface area contributed by atoms with Crippen LogP contribution in [0.5, 0.6) is 0 Å². The van der Waals surface area contributed by atoms with Gasteiger partial charge in [0.1, 0.15) is 0 Å². The fraction of sp³-hybridized carbons (Fsp3) is 0.562. The molecule has 0 saturated heterocycles. The smallest absolute Gasteiger partial charge is 0.0709 e. The average molecular weight is 255 g/mol. The standard InChI is InChI=1S/C16H21N3/c1-19-15-5-3-2-4-13(15)14(18-19)9-16(10-17)7-11-6-12(11)8-16/h2-5,11-12H,6-10,17H2,1H3. The highest BCUT2D eigenvalue weighted by Crippen LogP contribution is 2.60. The van der Waals surface area contributed by atoms with Gasteiger partial charge in [-0.3, -0.25) is 4.68 Å². The minimum Gasteiger partial charge on any atom is -0.330 e. The molecule has 1 aromatic heterocycles. The molecule has 2 fully saturated rings. The largest absolute Gasteiger partial charge is 0.330 e. The molecule has 3 nitrogen and oxygen atoms in total. The molecule has 19 heavy (non-hydrogen) atoms. The molecule has 2 N–H and O–H groups in total. The monoisotopic (exact) mass is 255 g/mol. The maximum absolute atomic E-state index is 6.12. The van der Waals surface area contributed by atoms with Crippen LogP contribution in [-0.2, 0) is 13.5 Å². The van der Waals surface area contributed by atoms with Gasteiger partial charge in [-0.1, -0.05) is 18.2 Å². The number of nitrogens with two attached hydrogens (primary N) is 1. The van der Waals surface area contributed by atoms with Gasteiger partial charge >= 0.3 is 0 Å². The summed E-state index contributed by atoms with van der Waals surface area (Å²) in [6.07, 6.45) is 5.14. The lowest BCUT2D eigenvalue weighted by Crippen LogP contribution is -2.31. The summed E-state index contributed by atoms with van der Waals surface area (Å²) in [6.45, 7) is 0.810. The SMILES string of the molecule is Cn1nc(CC2(CN)CC3CC3C2)c2ccccc21. The molecule has 4 rings (SSSR count). The lowest BCUT2D eigenvalue weighted by atomic mass is 9.78. The highest BCUT2D eigenvalue weighted by molar-refractivity contribution is 5.81. The zero-order valence-electron chi connectivity index (χ0n) is 11.5. The van der Waals surface area contributed by atoms with Crippen molar-refractivity contribution in [3.8, 4) is 0 Å². The molecule has 0 spiro atoms. The summed E-state index contributed by atoms with van der Waals surface area (Å²) in [5.74, 6) is 1.94. The van der Waals surface area contributed by atoms with Gasteiger partial charge in [0.05, 0.1) is 11.2 Å². The number of rotatable bonds is 3. The van der Waals surface area contributed by atoms with Crippen molar-refractivity contribution in [2.75, 3.05) is 6.54 Å². The Labute approximate surface area is 113 Å². The quantitative estimate of drug-likeness (QED) is 0.915. The van der Waals surface area contributed by atoms with Crippen LogP contribution in [0.3, 0.4) is 0 Å². The Morgan fingerprint density at radius 3 is 2.79 bits per heavy atom. The normalized spacial score (nSPS) is 32.7. The van der Waals surface area contributed by atoms with Gasteiger partial charge in [0.2, 0.25) is 0 Å². The molecule has 1 heterocycles. The van der Waals surface area contributed by atoms with Crippen LogP contribution in [0.1, 0.15) is 25.0 Å². The summed E-state index contributed by atoms with van der Waals surface area (Å²) in [6, 6.07) is 8.52. The van der Waals surface area contributed by atoms with Crippen LogP contribution < -0.4 is 5.73 Å². The molecular formula is C16H21N3. The van der Waals surface area contributed by atoms with Gasteiger partial charge < -0.3 is 5.73 Å². The predicted octanol–water partition coefficient (Wildman–Crippen LogP) is 2.49. The zero-order valence-corrected chi connectivity index (χ0v) is 11.5. The van der Waals surface area contributed by atoms with E-state index in [1.54, 1.807) is 0 Å². The van der Waals surface area contributed by atoms with Crippen LogP contribution in [0.4, 0.5) is 0 Å². The Hall–Kier alpha value is -1.35. The first kappa shape index (κ1) is 11.5. The third-order valence-corrected chi connectivity index (χ3v) is 5.27. The van der Waals surface area contributed by atoms with E-state index in [-0.39, 0.29) is 0 Å². The summed E-state index contributed by atoms with van der Waals surface area (Å²) in [5.41, 5.74) is 8.91. The summed E-state index contributed by atoms with van der Waals surface area (Å²) in [5, 5.41) is 6.05. The van der Waals surface area contributed by atoms with E-state index in [1.165, 1.54) is 35.9 Å². The Kier molecular flexibility index (Phi) is 2.31. The third kappa shape index (κ3) is 1.71. The van der Waals surface area contributed by atoms with Crippen LogP contribution in [0.25, 0.3) is 10.9 Å². The summed E-state index contributed by atoms with van der Waals surface area (Å²) < 4.78 is 2.00. The number of para-hydroxylation sites is 1. The molecule has 0 bridgehead atoms. The van der Waals surface area contributed by atoms with Crippen LogP contribution in [0, 0.1) is 17.3 Å². The van der Waals surface area contributed by atoms with Crippen molar-refractivity contribution in [2.24, 2.45) is 30.0 Å². The maximum Gasteiger partial charge on any atom is 0.0709 e. The topological polar surface area (TPSA) is 43.8 Å². The number of aryl methyl sites for hydroxylation is 1. The first-order chi connectivity index (χ1) is 9.21. The molecule has 2 unspecified atom stereocenters. The summed E-state index contributed by atoms with van der Waals surface area (Å²) in [4.78, 5) is 0. The second-order valence-electron chi connectivity index (χ2n) is 6.63. The maximum atomic E-state index is 6.12. The Morgan fingerprint density at radius 2 is 2.05 bits per heavy atom.